The highest BCUT2D eigenvalue weighted by Crippen LogP contribution is 2.36. The predicted molar refractivity (Wildman–Crippen MR) is 112 cm³/mol. The number of rotatable bonds is 2. The summed E-state index contributed by atoms with van der Waals surface area (Å²) < 4.78 is 13.5. The molecule has 142 valence electrons. The molecule has 0 aliphatic carbocycles. The summed E-state index contributed by atoms with van der Waals surface area (Å²) >= 11 is 0. The molecule has 1 unspecified atom stereocenters. The Labute approximate surface area is 167 Å². The minimum atomic E-state index is -1.34. The van der Waals surface area contributed by atoms with Gasteiger partial charge >= 0.3 is 5.91 Å². The third kappa shape index (κ3) is 2.64. The van der Waals surface area contributed by atoms with Crippen molar-refractivity contribution in [3.8, 4) is 0 Å². The number of hydrazone groups is 1. The van der Waals surface area contributed by atoms with Crippen LogP contribution in [0.5, 0.6) is 0 Å². The van der Waals surface area contributed by atoms with Gasteiger partial charge in [0.25, 0.3) is 5.66 Å². The summed E-state index contributed by atoms with van der Waals surface area (Å²) in [6.45, 7) is 1.79. The van der Waals surface area contributed by atoms with Gasteiger partial charge in [-0.15, -0.1) is 0 Å². The lowest BCUT2D eigenvalue weighted by molar-refractivity contribution is -0.120. The summed E-state index contributed by atoms with van der Waals surface area (Å²) in [6, 6.07) is 23.0. The number of hydrogen-bond acceptors (Lipinski definition) is 4. The molecule has 5 nitrogen and oxygen atoms in total. The lowest BCUT2D eigenvalue weighted by Gasteiger charge is -2.33. The van der Waals surface area contributed by atoms with Gasteiger partial charge in [0.2, 0.25) is 0 Å². The molecular formula is C23H17FN4O. The second-order valence-electron chi connectivity index (χ2n) is 6.99. The van der Waals surface area contributed by atoms with Gasteiger partial charge in [0.15, 0.2) is 0 Å². The Morgan fingerprint density at radius 3 is 2.38 bits per heavy atom. The van der Waals surface area contributed by atoms with Crippen LogP contribution < -0.4 is 10.3 Å². The molecular weight excluding hydrogens is 367 g/mol. The number of fused-ring (bicyclic) bond motifs is 1. The molecule has 1 N–H and O–H groups in total. The first kappa shape index (κ1) is 17.3. The largest absolute Gasteiger partial charge is 0.348 e. The lowest BCUT2D eigenvalue weighted by Crippen LogP contribution is -2.53. The maximum Gasteiger partial charge on any atom is 0.302 e. The molecule has 1 atom stereocenters. The normalized spacial score (nSPS) is 20.2. The summed E-state index contributed by atoms with van der Waals surface area (Å²) in [5.41, 5.74) is 2.86. The van der Waals surface area contributed by atoms with Crippen LogP contribution >= 0.6 is 0 Å². The van der Waals surface area contributed by atoms with Crippen LogP contribution in [-0.2, 0) is 4.79 Å². The average molecular weight is 384 g/mol. The Kier molecular flexibility index (Phi) is 3.81. The Balaban J connectivity index is 1.68. The molecule has 0 saturated carbocycles. The molecule has 0 saturated heterocycles. The highest BCUT2D eigenvalue weighted by atomic mass is 19.1. The maximum atomic E-state index is 13.5. The number of nitrogens with one attached hydrogen (secondary N) is 1. The third-order valence-electron chi connectivity index (χ3n) is 5.17. The van der Waals surface area contributed by atoms with Crippen LogP contribution in [0.15, 0.2) is 89.0 Å². The van der Waals surface area contributed by atoms with E-state index in [9.17, 15) is 9.18 Å². The fourth-order valence-electron chi connectivity index (χ4n) is 3.67. The monoisotopic (exact) mass is 384 g/mol. The van der Waals surface area contributed by atoms with E-state index in [-0.39, 0.29) is 11.7 Å². The van der Waals surface area contributed by atoms with Crippen molar-refractivity contribution in [2.45, 2.75) is 12.6 Å². The second kappa shape index (κ2) is 6.38. The number of hydrogen-bond donors (Lipinski definition) is 1. The Bertz CT molecular complexity index is 1170. The van der Waals surface area contributed by atoms with Gasteiger partial charge in [0, 0.05) is 16.8 Å². The van der Waals surface area contributed by atoms with E-state index in [0.717, 1.165) is 16.8 Å². The highest BCUT2D eigenvalue weighted by Gasteiger charge is 2.52. The zero-order chi connectivity index (χ0) is 20.0. The van der Waals surface area contributed by atoms with Gasteiger partial charge in [0.05, 0.1) is 17.1 Å². The first-order valence-electron chi connectivity index (χ1n) is 9.27. The number of amides is 1. The topological polar surface area (TPSA) is 57.1 Å². The number of nitrogens with zero attached hydrogens (tertiary/aromatic N) is 3. The van der Waals surface area contributed by atoms with E-state index in [1.807, 2.05) is 54.6 Å². The second-order valence-corrected chi connectivity index (χ2v) is 6.99. The Morgan fingerprint density at radius 1 is 0.931 bits per heavy atom. The molecule has 3 aromatic rings. The summed E-state index contributed by atoms with van der Waals surface area (Å²) in [5, 5.41) is 9.18. The van der Waals surface area contributed by atoms with Gasteiger partial charge in [0.1, 0.15) is 5.82 Å². The van der Waals surface area contributed by atoms with E-state index in [1.165, 1.54) is 17.1 Å². The number of benzene rings is 3. The molecule has 2 aliphatic heterocycles. The Morgan fingerprint density at radius 2 is 1.62 bits per heavy atom. The number of anilines is 2. The minimum absolute atomic E-state index is 0.282. The molecule has 0 aromatic heterocycles. The van der Waals surface area contributed by atoms with E-state index < -0.39 is 5.66 Å². The van der Waals surface area contributed by atoms with Gasteiger partial charge in [-0.3, -0.25) is 4.79 Å². The fourth-order valence-corrected chi connectivity index (χ4v) is 3.67. The van der Waals surface area contributed by atoms with Gasteiger partial charge in [-0.05, 0) is 49.4 Å². The molecule has 1 amide bonds. The van der Waals surface area contributed by atoms with Crippen molar-refractivity contribution in [3.05, 3.63) is 95.8 Å². The average Bonchev–Trinajstić information content (AvgIpc) is 2.99. The maximum absolute atomic E-state index is 13.5. The fraction of sp³-hybridized carbons (Fsp3) is 0.0870. The van der Waals surface area contributed by atoms with Crippen molar-refractivity contribution >= 4 is 28.7 Å². The number of aliphatic imine (C=N–C) groups is 1. The van der Waals surface area contributed by atoms with Crippen LogP contribution in [0.1, 0.15) is 18.1 Å². The van der Waals surface area contributed by atoms with E-state index in [1.54, 1.807) is 19.1 Å². The molecule has 0 radical (unpaired) electrons. The first-order chi connectivity index (χ1) is 14.1. The predicted octanol–water partition coefficient (Wildman–Crippen LogP) is 4.21. The van der Waals surface area contributed by atoms with E-state index in [2.05, 4.69) is 10.4 Å². The standard InChI is InChI=1S/C23H17FN4O/c1-15-23(22(29)28(27-15)18-7-3-2-4-8-18)25-20-10-6-5-9-19(20)21(26-23)16-11-13-17(24)14-12-16/h2-14,25H,1H3. The molecule has 0 fully saturated rings. The minimum Gasteiger partial charge on any atom is -0.348 e. The van der Waals surface area contributed by atoms with Crippen molar-refractivity contribution in [1.82, 2.24) is 0 Å². The Hall–Kier alpha value is -3.80. The van der Waals surface area contributed by atoms with Gasteiger partial charge in [-0.1, -0.05) is 36.4 Å². The summed E-state index contributed by atoms with van der Waals surface area (Å²) in [5.74, 6) is -0.605. The van der Waals surface area contributed by atoms with Crippen molar-refractivity contribution < 1.29 is 9.18 Å². The molecule has 6 heteroatoms. The molecule has 3 aromatic carbocycles. The van der Waals surface area contributed by atoms with Crippen LogP contribution in [0.2, 0.25) is 0 Å². The summed E-state index contributed by atoms with van der Waals surface area (Å²) in [6.07, 6.45) is 0. The SMILES string of the molecule is CC1=NN(c2ccccc2)C(=O)C12N=C(c1ccc(F)cc1)c1ccccc1N2. The smallest absolute Gasteiger partial charge is 0.302 e. The third-order valence-corrected chi connectivity index (χ3v) is 5.17. The lowest BCUT2D eigenvalue weighted by atomic mass is 9.93. The van der Waals surface area contributed by atoms with Crippen molar-refractivity contribution in [2.24, 2.45) is 10.1 Å². The zero-order valence-corrected chi connectivity index (χ0v) is 15.6. The number of para-hydroxylation sites is 2. The quantitative estimate of drug-likeness (QED) is 0.720. The summed E-state index contributed by atoms with van der Waals surface area (Å²) in [7, 11) is 0. The van der Waals surface area contributed by atoms with Crippen molar-refractivity contribution in [3.63, 3.8) is 0 Å². The van der Waals surface area contributed by atoms with E-state index in [0.29, 0.717) is 17.1 Å². The van der Waals surface area contributed by atoms with Crippen molar-refractivity contribution in [1.29, 1.82) is 0 Å². The highest BCUT2D eigenvalue weighted by molar-refractivity contribution is 6.29. The van der Waals surface area contributed by atoms with Gasteiger partial charge < -0.3 is 5.32 Å². The number of halogens is 1. The molecule has 5 rings (SSSR count). The van der Waals surface area contributed by atoms with Crippen LogP contribution in [0.4, 0.5) is 15.8 Å². The number of carbonyl (C=O) groups is 1. The summed E-state index contributed by atoms with van der Waals surface area (Å²) in [4.78, 5) is 18.4. The van der Waals surface area contributed by atoms with Crippen LogP contribution in [0.25, 0.3) is 0 Å². The molecule has 29 heavy (non-hydrogen) atoms. The molecule has 1 spiro atoms. The van der Waals surface area contributed by atoms with E-state index >= 15 is 0 Å². The van der Waals surface area contributed by atoms with Crippen LogP contribution in [-0.4, -0.2) is 23.0 Å². The molecule has 2 aliphatic rings. The van der Waals surface area contributed by atoms with Crippen LogP contribution in [0.3, 0.4) is 0 Å². The van der Waals surface area contributed by atoms with Gasteiger partial charge in [-0.25, -0.2) is 9.38 Å². The van der Waals surface area contributed by atoms with Crippen LogP contribution in [0, 0.1) is 5.82 Å². The molecule has 0 bridgehead atoms. The first-order valence-corrected chi connectivity index (χ1v) is 9.27. The zero-order valence-electron chi connectivity index (χ0n) is 15.6. The van der Waals surface area contributed by atoms with E-state index in [4.69, 9.17) is 4.99 Å². The van der Waals surface area contributed by atoms with Gasteiger partial charge in [-0.2, -0.15) is 10.1 Å². The molecule has 2 heterocycles. The van der Waals surface area contributed by atoms with Crippen molar-refractivity contribution in [2.75, 3.05) is 10.3 Å². The number of carbonyl (C=O) groups excluding carboxylic acids is 1.